The maximum absolute atomic E-state index is 10.3. The van der Waals surface area contributed by atoms with Gasteiger partial charge in [0.15, 0.2) is 0 Å². The number of aliphatic hydroxyl groups excluding tert-OH is 1. The van der Waals surface area contributed by atoms with Crippen LogP contribution in [0.4, 0.5) is 0 Å². The van der Waals surface area contributed by atoms with E-state index in [1.807, 2.05) is 18.2 Å². The summed E-state index contributed by atoms with van der Waals surface area (Å²) >= 11 is 0. The lowest BCUT2D eigenvalue weighted by molar-refractivity contribution is -0.0552. The Morgan fingerprint density at radius 3 is 2.86 bits per heavy atom. The molecule has 0 aromatic heterocycles. The molecule has 0 radical (unpaired) electrons. The molecule has 0 aliphatic carbocycles. The molecule has 4 nitrogen and oxygen atoms in total. The highest BCUT2D eigenvalue weighted by Gasteiger charge is 2.48. The molecule has 1 fully saturated rings. The minimum absolute atomic E-state index is 0.136. The van der Waals surface area contributed by atoms with Gasteiger partial charge in [-0.05, 0) is 32.9 Å². The maximum atomic E-state index is 10.3. The molecular formula is C17H26N2O2. The van der Waals surface area contributed by atoms with Crippen LogP contribution in [0.3, 0.4) is 0 Å². The van der Waals surface area contributed by atoms with Gasteiger partial charge < -0.3 is 15.2 Å². The van der Waals surface area contributed by atoms with Crippen LogP contribution in [0.15, 0.2) is 24.3 Å². The second-order valence-electron chi connectivity index (χ2n) is 6.81. The minimum atomic E-state index is -0.329. The zero-order chi connectivity index (χ0) is 14.9. The van der Waals surface area contributed by atoms with E-state index in [0.717, 1.165) is 50.3 Å². The smallest absolute Gasteiger partial charge is 0.125 e. The summed E-state index contributed by atoms with van der Waals surface area (Å²) in [5.41, 5.74) is 0.537. The number of fused-ring (bicyclic) bond motifs is 1. The summed E-state index contributed by atoms with van der Waals surface area (Å²) < 4.78 is 6.15. The van der Waals surface area contributed by atoms with Crippen LogP contribution in [-0.4, -0.2) is 48.4 Å². The first-order valence-electron chi connectivity index (χ1n) is 7.93. The van der Waals surface area contributed by atoms with E-state index in [4.69, 9.17) is 4.74 Å². The first-order valence-corrected chi connectivity index (χ1v) is 7.93. The Balaban J connectivity index is 2.06. The Morgan fingerprint density at radius 1 is 1.24 bits per heavy atom. The molecule has 0 amide bonds. The SMILES string of the molecule is CC1(C)CC(CO)(N2CCCNCC2)c2ccccc2O1. The van der Waals surface area contributed by atoms with E-state index in [1.165, 1.54) is 0 Å². The minimum Gasteiger partial charge on any atom is -0.487 e. The zero-order valence-electron chi connectivity index (χ0n) is 13.1. The van der Waals surface area contributed by atoms with Crippen molar-refractivity contribution >= 4 is 0 Å². The zero-order valence-corrected chi connectivity index (χ0v) is 13.1. The molecule has 0 saturated carbocycles. The van der Waals surface area contributed by atoms with Crippen LogP contribution >= 0.6 is 0 Å². The molecule has 2 heterocycles. The van der Waals surface area contributed by atoms with Gasteiger partial charge in [0.25, 0.3) is 0 Å². The highest BCUT2D eigenvalue weighted by Crippen LogP contribution is 2.46. The van der Waals surface area contributed by atoms with E-state index in [0.29, 0.717) is 0 Å². The summed E-state index contributed by atoms with van der Waals surface area (Å²) in [5, 5.41) is 13.8. The highest BCUT2D eigenvalue weighted by molar-refractivity contribution is 5.42. The van der Waals surface area contributed by atoms with E-state index in [9.17, 15) is 5.11 Å². The fourth-order valence-corrected chi connectivity index (χ4v) is 3.87. The molecule has 116 valence electrons. The number of hydrogen-bond donors (Lipinski definition) is 2. The van der Waals surface area contributed by atoms with Gasteiger partial charge in [-0.25, -0.2) is 0 Å². The third-order valence-corrected chi connectivity index (χ3v) is 4.70. The normalized spacial score (nSPS) is 29.3. The monoisotopic (exact) mass is 290 g/mol. The van der Waals surface area contributed by atoms with Gasteiger partial charge in [0.2, 0.25) is 0 Å². The summed E-state index contributed by atoms with van der Waals surface area (Å²) in [7, 11) is 0. The standard InChI is InChI=1S/C17H26N2O2/c1-16(2)12-17(13-20,19-10-5-8-18-9-11-19)14-6-3-4-7-15(14)21-16/h3-4,6-7,18,20H,5,8-13H2,1-2H3. The van der Waals surface area contributed by atoms with Gasteiger partial charge in [-0.2, -0.15) is 0 Å². The molecule has 4 heteroatoms. The van der Waals surface area contributed by atoms with Gasteiger partial charge >= 0.3 is 0 Å². The summed E-state index contributed by atoms with van der Waals surface area (Å²) in [6.45, 7) is 8.37. The van der Waals surface area contributed by atoms with Crippen molar-refractivity contribution < 1.29 is 9.84 Å². The quantitative estimate of drug-likeness (QED) is 0.871. The fraction of sp³-hybridized carbons (Fsp3) is 0.647. The Bertz CT molecular complexity index is 495. The molecule has 1 saturated heterocycles. The molecule has 1 atom stereocenters. The first kappa shape index (κ1) is 14.8. The summed E-state index contributed by atoms with van der Waals surface area (Å²) in [6, 6.07) is 8.18. The van der Waals surface area contributed by atoms with Crippen molar-refractivity contribution in [3.8, 4) is 5.75 Å². The van der Waals surface area contributed by atoms with Crippen LogP contribution in [0.25, 0.3) is 0 Å². The number of hydrogen-bond acceptors (Lipinski definition) is 4. The Kier molecular flexibility index (Phi) is 3.95. The highest BCUT2D eigenvalue weighted by atomic mass is 16.5. The number of benzene rings is 1. The van der Waals surface area contributed by atoms with Crippen LogP contribution in [0.5, 0.6) is 5.75 Å². The van der Waals surface area contributed by atoms with Crippen molar-refractivity contribution in [1.82, 2.24) is 10.2 Å². The van der Waals surface area contributed by atoms with Crippen LogP contribution in [-0.2, 0) is 5.54 Å². The first-order chi connectivity index (χ1) is 10.1. The van der Waals surface area contributed by atoms with Crippen molar-refractivity contribution in [3.05, 3.63) is 29.8 Å². The Morgan fingerprint density at radius 2 is 2.05 bits per heavy atom. The Labute approximate surface area is 127 Å². The predicted molar refractivity (Wildman–Crippen MR) is 83.6 cm³/mol. The van der Waals surface area contributed by atoms with E-state index < -0.39 is 0 Å². The van der Waals surface area contributed by atoms with E-state index in [2.05, 4.69) is 30.1 Å². The van der Waals surface area contributed by atoms with Crippen molar-refractivity contribution in [3.63, 3.8) is 0 Å². The molecule has 1 unspecified atom stereocenters. The van der Waals surface area contributed by atoms with E-state index >= 15 is 0 Å². The van der Waals surface area contributed by atoms with Crippen LogP contribution in [0.1, 0.15) is 32.3 Å². The number of rotatable bonds is 2. The molecule has 1 aromatic carbocycles. The van der Waals surface area contributed by atoms with Gasteiger partial charge in [0.1, 0.15) is 11.4 Å². The number of nitrogens with one attached hydrogen (secondary N) is 1. The summed E-state index contributed by atoms with van der Waals surface area (Å²) in [5.74, 6) is 0.917. The van der Waals surface area contributed by atoms with Crippen molar-refractivity contribution in [2.75, 3.05) is 32.8 Å². The third kappa shape index (κ3) is 2.68. The van der Waals surface area contributed by atoms with Crippen LogP contribution in [0.2, 0.25) is 0 Å². The van der Waals surface area contributed by atoms with E-state index in [-0.39, 0.29) is 17.7 Å². The largest absolute Gasteiger partial charge is 0.487 e. The number of para-hydroxylation sites is 1. The number of aliphatic hydroxyl groups is 1. The average molecular weight is 290 g/mol. The second-order valence-corrected chi connectivity index (χ2v) is 6.81. The number of ether oxygens (including phenoxy) is 1. The van der Waals surface area contributed by atoms with Gasteiger partial charge in [-0.1, -0.05) is 18.2 Å². The van der Waals surface area contributed by atoms with Crippen molar-refractivity contribution in [2.45, 2.75) is 37.8 Å². The lowest BCUT2D eigenvalue weighted by Crippen LogP contribution is -2.57. The molecule has 2 N–H and O–H groups in total. The molecule has 2 aliphatic rings. The molecule has 3 rings (SSSR count). The molecular weight excluding hydrogens is 264 g/mol. The molecule has 21 heavy (non-hydrogen) atoms. The number of nitrogens with zero attached hydrogens (tertiary/aromatic N) is 1. The van der Waals surface area contributed by atoms with E-state index in [1.54, 1.807) is 0 Å². The average Bonchev–Trinajstić information content (AvgIpc) is 2.74. The predicted octanol–water partition coefficient (Wildman–Crippen LogP) is 1.73. The van der Waals surface area contributed by atoms with Gasteiger partial charge in [-0.15, -0.1) is 0 Å². The van der Waals surface area contributed by atoms with Gasteiger partial charge in [-0.3, -0.25) is 4.90 Å². The van der Waals surface area contributed by atoms with Crippen molar-refractivity contribution in [1.29, 1.82) is 0 Å². The molecule has 1 aromatic rings. The summed E-state index contributed by atoms with van der Waals surface area (Å²) in [6.07, 6.45) is 1.93. The second kappa shape index (κ2) is 5.59. The molecule has 2 aliphatic heterocycles. The van der Waals surface area contributed by atoms with Crippen molar-refractivity contribution in [2.24, 2.45) is 0 Å². The third-order valence-electron chi connectivity index (χ3n) is 4.70. The van der Waals surface area contributed by atoms with Crippen LogP contribution in [0, 0.1) is 0 Å². The lowest BCUT2D eigenvalue weighted by atomic mass is 9.76. The maximum Gasteiger partial charge on any atom is 0.125 e. The molecule has 0 spiro atoms. The Hall–Kier alpha value is -1.10. The van der Waals surface area contributed by atoms with Gasteiger partial charge in [0, 0.05) is 31.6 Å². The topological polar surface area (TPSA) is 44.7 Å². The fourth-order valence-electron chi connectivity index (χ4n) is 3.87. The summed E-state index contributed by atoms with van der Waals surface area (Å²) in [4.78, 5) is 2.45. The lowest BCUT2D eigenvalue weighted by Gasteiger charge is -2.50. The van der Waals surface area contributed by atoms with Gasteiger partial charge in [0.05, 0.1) is 12.1 Å². The molecule has 0 bridgehead atoms. The van der Waals surface area contributed by atoms with Crippen LogP contribution < -0.4 is 10.1 Å².